The van der Waals surface area contributed by atoms with Crippen molar-refractivity contribution in [2.45, 2.75) is 0 Å². The number of benzene rings is 1. The monoisotopic (exact) mass is 171 g/mol. The van der Waals surface area contributed by atoms with E-state index in [0.717, 1.165) is 0 Å². The third-order valence-electron chi connectivity index (χ3n) is 0.848. The maximum Gasteiger partial charge on any atom is 0 e. The molecule has 0 aliphatic carbocycles. The fourth-order valence-electron chi connectivity index (χ4n) is 0.503. The Labute approximate surface area is 67.0 Å². The molecule has 0 spiro atoms. The summed E-state index contributed by atoms with van der Waals surface area (Å²) >= 11 is 0. The quantitative estimate of drug-likeness (QED) is 0.343. The summed E-state index contributed by atoms with van der Waals surface area (Å²) in [4.78, 5) is 0. The van der Waals surface area contributed by atoms with Crippen LogP contribution in [0.15, 0.2) is 18.2 Å². The molecule has 1 aromatic carbocycles. The summed E-state index contributed by atoms with van der Waals surface area (Å²) in [6.45, 7) is 0. The Morgan fingerprint density at radius 3 is 2.33 bits per heavy atom. The Morgan fingerprint density at radius 2 is 2.00 bits per heavy atom. The summed E-state index contributed by atoms with van der Waals surface area (Å²) in [7, 11) is 0. The van der Waals surface area contributed by atoms with Crippen LogP contribution in [0, 0.1) is 6.07 Å². The normalized spacial score (nSPS) is 8.00. The van der Waals surface area contributed by atoms with Gasteiger partial charge in [0.1, 0.15) is 0 Å². The van der Waals surface area contributed by atoms with Crippen molar-refractivity contribution in [3.63, 3.8) is 0 Å². The van der Waals surface area contributed by atoms with Crippen LogP contribution in [0.25, 0.3) is 0 Å². The average Bonchev–Trinajstić information content (AvgIpc) is 1.64. The molecule has 2 nitrogen and oxygen atoms in total. The Kier molecular flexibility index (Phi) is 3.25. The SMILES string of the molecule is Nc1[c-]ccc(N)c1.[Zn]. The summed E-state index contributed by atoms with van der Waals surface area (Å²) in [6.07, 6.45) is 0. The van der Waals surface area contributed by atoms with E-state index in [9.17, 15) is 0 Å². The summed E-state index contributed by atoms with van der Waals surface area (Å²) in [5.74, 6) is 0. The van der Waals surface area contributed by atoms with Gasteiger partial charge in [0.25, 0.3) is 0 Å². The van der Waals surface area contributed by atoms with Gasteiger partial charge in [0.2, 0.25) is 0 Å². The first-order chi connectivity index (χ1) is 3.79. The second-order valence-electron chi connectivity index (χ2n) is 1.58. The fourth-order valence-corrected chi connectivity index (χ4v) is 0.503. The van der Waals surface area contributed by atoms with Gasteiger partial charge in [-0.25, -0.2) is 0 Å². The van der Waals surface area contributed by atoms with Crippen LogP contribution in [-0.4, -0.2) is 0 Å². The maximum atomic E-state index is 5.36. The number of rotatable bonds is 0. The Hall–Kier alpha value is -0.557. The van der Waals surface area contributed by atoms with E-state index < -0.39 is 0 Å². The van der Waals surface area contributed by atoms with Crippen molar-refractivity contribution >= 4 is 11.4 Å². The van der Waals surface area contributed by atoms with E-state index in [0.29, 0.717) is 11.4 Å². The third kappa shape index (κ3) is 2.47. The number of anilines is 2. The van der Waals surface area contributed by atoms with E-state index in [2.05, 4.69) is 6.07 Å². The zero-order valence-corrected chi connectivity index (χ0v) is 8.06. The van der Waals surface area contributed by atoms with E-state index in [4.69, 9.17) is 11.5 Å². The number of nitrogen functional groups attached to an aromatic ring is 2. The van der Waals surface area contributed by atoms with Crippen molar-refractivity contribution in [3.8, 4) is 0 Å². The minimum atomic E-state index is 0. The molecule has 1 aromatic rings. The van der Waals surface area contributed by atoms with Gasteiger partial charge in [-0.1, -0.05) is 11.4 Å². The van der Waals surface area contributed by atoms with Crippen LogP contribution in [0.2, 0.25) is 0 Å². The smallest absolute Gasteiger partial charge is 0 e. The molecule has 0 radical (unpaired) electrons. The van der Waals surface area contributed by atoms with E-state index in [1.807, 2.05) is 0 Å². The predicted molar refractivity (Wildman–Crippen MR) is 34.1 cm³/mol. The van der Waals surface area contributed by atoms with Crippen LogP contribution in [0.4, 0.5) is 11.4 Å². The van der Waals surface area contributed by atoms with Gasteiger partial charge in [-0.3, -0.25) is 0 Å². The number of nitrogens with two attached hydrogens (primary N) is 2. The minimum Gasteiger partial charge on any atom is -0.420 e. The van der Waals surface area contributed by atoms with E-state index in [1.54, 1.807) is 18.2 Å². The molecule has 44 valence electrons. The van der Waals surface area contributed by atoms with Crippen molar-refractivity contribution in [2.24, 2.45) is 0 Å². The molecule has 0 amide bonds. The standard InChI is InChI=1S/C6H7N2.Zn/c7-5-2-1-3-6(8)4-5;/h1-2,4H,7-8H2;/q-1;. The second kappa shape index (κ2) is 3.47. The molecule has 4 N–H and O–H groups in total. The van der Waals surface area contributed by atoms with E-state index in [-0.39, 0.29) is 19.5 Å². The van der Waals surface area contributed by atoms with Crippen molar-refractivity contribution in [1.29, 1.82) is 0 Å². The zero-order chi connectivity index (χ0) is 5.98. The first-order valence-corrected chi connectivity index (χ1v) is 2.32. The Morgan fingerprint density at radius 1 is 1.33 bits per heavy atom. The first-order valence-electron chi connectivity index (χ1n) is 2.32. The van der Waals surface area contributed by atoms with Gasteiger partial charge in [0.05, 0.1) is 0 Å². The predicted octanol–water partition coefficient (Wildman–Crippen LogP) is 0.649. The van der Waals surface area contributed by atoms with Gasteiger partial charge in [0, 0.05) is 19.5 Å². The molecule has 0 aliphatic heterocycles. The Balaban J connectivity index is 0.000000640. The van der Waals surface area contributed by atoms with Crippen LogP contribution in [0.5, 0.6) is 0 Å². The van der Waals surface area contributed by atoms with E-state index >= 15 is 0 Å². The van der Waals surface area contributed by atoms with Crippen molar-refractivity contribution in [3.05, 3.63) is 24.3 Å². The topological polar surface area (TPSA) is 52.0 Å². The first kappa shape index (κ1) is 8.44. The van der Waals surface area contributed by atoms with Gasteiger partial charge in [-0.15, -0.1) is 12.1 Å². The molecule has 0 aromatic heterocycles. The molecule has 0 atom stereocenters. The molecule has 0 fully saturated rings. The molecule has 0 saturated carbocycles. The van der Waals surface area contributed by atoms with Crippen molar-refractivity contribution < 1.29 is 19.5 Å². The zero-order valence-electron chi connectivity index (χ0n) is 5.09. The van der Waals surface area contributed by atoms with Gasteiger partial charge >= 0.3 is 0 Å². The third-order valence-corrected chi connectivity index (χ3v) is 0.848. The van der Waals surface area contributed by atoms with Gasteiger partial charge in [0.15, 0.2) is 0 Å². The summed E-state index contributed by atoms with van der Waals surface area (Å²) in [5.41, 5.74) is 12.0. The second-order valence-corrected chi connectivity index (χ2v) is 1.58. The molecule has 0 bridgehead atoms. The largest absolute Gasteiger partial charge is 0.420 e. The minimum absolute atomic E-state index is 0. The van der Waals surface area contributed by atoms with Crippen LogP contribution in [0.1, 0.15) is 0 Å². The molecule has 0 saturated heterocycles. The van der Waals surface area contributed by atoms with Crippen molar-refractivity contribution in [2.75, 3.05) is 11.5 Å². The fraction of sp³-hybridized carbons (Fsp3) is 0. The van der Waals surface area contributed by atoms with Crippen LogP contribution in [0.3, 0.4) is 0 Å². The molecule has 0 aliphatic rings. The van der Waals surface area contributed by atoms with Gasteiger partial charge < -0.3 is 11.5 Å². The molecule has 0 unspecified atom stereocenters. The van der Waals surface area contributed by atoms with Gasteiger partial charge in [-0.2, -0.15) is 12.1 Å². The van der Waals surface area contributed by atoms with Crippen LogP contribution in [-0.2, 0) is 19.5 Å². The number of hydrogen-bond donors (Lipinski definition) is 2. The maximum absolute atomic E-state index is 5.36. The van der Waals surface area contributed by atoms with E-state index in [1.165, 1.54) is 0 Å². The molecule has 9 heavy (non-hydrogen) atoms. The molecular formula is C6H7N2Zn-. The molecule has 0 heterocycles. The summed E-state index contributed by atoms with van der Waals surface area (Å²) < 4.78 is 0. The molecule has 3 heteroatoms. The van der Waals surface area contributed by atoms with Crippen LogP contribution < -0.4 is 11.5 Å². The average molecular weight is 173 g/mol. The number of hydrogen-bond acceptors (Lipinski definition) is 2. The summed E-state index contributed by atoms with van der Waals surface area (Å²) in [6, 6.07) is 7.88. The molecule has 1 rings (SSSR count). The van der Waals surface area contributed by atoms with Gasteiger partial charge in [-0.05, 0) is 0 Å². The van der Waals surface area contributed by atoms with Crippen LogP contribution >= 0.6 is 0 Å². The summed E-state index contributed by atoms with van der Waals surface area (Å²) in [5, 5.41) is 0. The Bertz CT molecular complexity index is 171. The van der Waals surface area contributed by atoms with Crippen molar-refractivity contribution in [1.82, 2.24) is 0 Å². The molecular weight excluding hydrogens is 165 g/mol.